The summed E-state index contributed by atoms with van der Waals surface area (Å²) in [6.07, 6.45) is 4.54. The number of fused-ring (bicyclic) bond motifs is 1. The van der Waals surface area contributed by atoms with E-state index in [0.29, 0.717) is 13.0 Å². The topological polar surface area (TPSA) is 78.7 Å². The Morgan fingerprint density at radius 3 is 2.95 bits per heavy atom. The zero-order valence-corrected chi connectivity index (χ0v) is 10.7. The molecule has 2 fully saturated rings. The molecule has 1 N–H and O–H groups in total. The van der Waals surface area contributed by atoms with Crippen LogP contribution in [0, 0.1) is 0 Å². The van der Waals surface area contributed by atoms with Crippen LogP contribution in [-0.4, -0.2) is 56.8 Å². The highest BCUT2D eigenvalue weighted by atomic mass is 16.3. The van der Waals surface area contributed by atoms with Gasteiger partial charge in [0.2, 0.25) is 11.8 Å². The van der Waals surface area contributed by atoms with Crippen LogP contribution in [0.15, 0.2) is 12.4 Å². The molecular weight excluding hydrogens is 248 g/mol. The Balaban J connectivity index is 1.86. The molecule has 0 unspecified atom stereocenters. The number of carbonyl (C=O) groups is 2. The van der Waals surface area contributed by atoms with Crippen LogP contribution in [0.1, 0.15) is 12.8 Å². The van der Waals surface area contributed by atoms with Gasteiger partial charge in [-0.15, -0.1) is 0 Å². The lowest BCUT2D eigenvalue weighted by molar-refractivity contribution is -0.135. The van der Waals surface area contributed by atoms with E-state index in [4.69, 9.17) is 5.11 Å². The van der Waals surface area contributed by atoms with Crippen LogP contribution in [0.5, 0.6) is 0 Å². The number of hydrogen-bond acceptors (Lipinski definition) is 4. The van der Waals surface area contributed by atoms with Crippen molar-refractivity contribution in [2.75, 3.05) is 18.1 Å². The number of amides is 2. The molecular formula is C12H16N4O3. The predicted molar refractivity (Wildman–Crippen MR) is 66.3 cm³/mol. The maximum absolute atomic E-state index is 12.1. The van der Waals surface area contributed by atoms with Gasteiger partial charge in [-0.25, -0.2) is 0 Å². The molecule has 0 aliphatic carbocycles. The third-order valence-electron chi connectivity index (χ3n) is 3.92. The zero-order valence-electron chi connectivity index (χ0n) is 10.7. The Morgan fingerprint density at radius 2 is 2.32 bits per heavy atom. The van der Waals surface area contributed by atoms with E-state index < -0.39 is 6.61 Å². The number of anilines is 1. The van der Waals surface area contributed by atoms with E-state index >= 15 is 0 Å². The summed E-state index contributed by atoms with van der Waals surface area (Å²) < 4.78 is 1.65. The summed E-state index contributed by atoms with van der Waals surface area (Å²) in [6, 6.07) is -0.112. The van der Waals surface area contributed by atoms with Crippen molar-refractivity contribution in [3.63, 3.8) is 0 Å². The van der Waals surface area contributed by atoms with Crippen LogP contribution in [-0.2, 0) is 16.6 Å². The standard InChI is InChI=1S/C12H16N4O3/c1-14-6-8(5-13-14)16-9-2-3-15(12(19)7-17)10(9)4-11(16)18/h5-6,9-10,17H,2-4,7H2,1H3/t9-,10-/m1/s1. The molecule has 0 radical (unpaired) electrons. The molecule has 2 aliphatic heterocycles. The Kier molecular flexibility index (Phi) is 2.78. The van der Waals surface area contributed by atoms with Gasteiger partial charge in [0.25, 0.3) is 0 Å². The summed E-state index contributed by atoms with van der Waals surface area (Å²) in [4.78, 5) is 27.1. The van der Waals surface area contributed by atoms with Crippen molar-refractivity contribution in [3.05, 3.63) is 12.4 Å². The third kappa shape index (κ3) is 1.81. The van der Waals surface area contributed by atoms with Crippen LogP contribution in [0.25, 0.3) is 0 Å². The molecule has 19 heavy (non-hydrogen) atoms. The predicted octanol–water partition coefficient (Wildman–Crippen LogP) is -0.881. The van der Waals surface area contributed by atoms with Gasteiger partial charge in [0.1, 0.15) is 6.61 Å². The van der Waals surface area contributed by atoms with E-state index in [1.165, 1.54) is 0 Å². The van der Waals surface area contributed by atoms with Crippen LogP contribution in [0.2, 0.25) is 0 Å². The maximum Gasteiger partial charge on any atom is 0.248 e. The van der Waals surface area contributed by atoms with Gasteiger partial charge in [0.15, 0.2) is 0 Å². The zero-order chi connectivity index (χ0) is 13.6. The van der Waals surface area contributed by atoms with Crippen molar-refractivity contribution in [2.45, 2.75) is 24.9 Å². The van der Waals surface area contributed by atoms with Gasteiger partial charge in [-0.2, -0.15) is 5.10 Å². The van der Waals surface area contributed by atoms with Crippen LogP contribution < -0.4 is 4.90 Å². The molecule has 0 bridgehead atoms. The number of aliphatic hydroxyl groups excluding tert-OH is 1. The second-order valence-electron chi connectivity index (χ2n) is 5.01. The van der Waals surface area contributed by atoms with Crippen LogP contribution in [0.3, 0.4) is 0 Å². The Hall–Kier alpha value is -1.89. The van der Waals surface area contributed by atoms with Gasteiger partial charge >= 0.3 is 0 Å². The molecule has 2 saturated heterocycles. The van der Waals surface area contributed by atoms with Gasteiger partial charge in [-0.3, -0.25) is 14.3 Å². The first kappa shape index (κ1) is 12.2. The smallest absolute Gasteiger partial charge is 0.248 e. The SMILES string of the molecule is Cn1cc(N2C(=O)C[C@@H]3[C@H]2CCN3C(=O)CO)cn1. The van der Waals surface area contributed by atoms with Crippen LogP contribution >= 0.6 is 0 Å². The highest BCUT2D eigenvalue weighted by molar-refractivity contribution is 5.98. The quantitative estimate of drug-likeness (QED) is 0.752. The minimum Gasteiger partial charge on any atom is -0.387 e. The molecule has 7 heteroatoms. The molecule has 7 nitrogen and oxygen atoms in total. The number of aliphatic hydroxyl groups is 1. The first-order valence-corrected chi connectivity index (χ1v) is 6.33. The first-order valence-electron chi connectivity index (χ1n) is 6.33. The molecule has 0 saturated carbocycles. The lowest BCUT2D eigenvalue weighted by Crippen LogP contribution is -2.41. The lowest BCUT2D eigenvalue weighted by atomic mass is 10.1. The molecule has 102 valence electrons. The minimum atomic E-state index is -0.496. The van der Waals surface area contributed by atoms with E-state index in [9.17, 15) is 9.59 Å². The number of hydrogen-bond donors (Lipinski definition) is 1. The highest BCUT2D eigenvalue weighted by Gasteiger charge is 2.48. The highest BCUT2D eigenvalue weighted by Crippen LogP contribution is 2.35. The second-order valence-corrected chi connectivity index (χ2v) is 5.01. The summed E-state index contributed by atoms with van der Waals surface area (Å²) >= 11 is 0. The van der Waals surface area contributed by atoms with Crippen molar-refractivity contribution in [3.8, 4) is 0 Å². The molecule has 0 aromatic carbocycles. The molecule has 3 heterocycles. The average molecular weight is 264 g/mol. The van der Waals surface area contributed by atoms with E-state index in [2.05, 4.69) is 5.10 Å². The fourth-order valence-corrected chi connectivity index (χ4v) is 3.12. The van der Waals surface area contributed by atoms with Crippen molar-refractivity contribution >= 4 is 17.5 Å². The van der Waals surface area contributed by atoms with Crippen molar-refractivity contribution in [1.29, 1.82) is 0 Å². The monoisotopic (exact) mass is 264 g/mol. The van der Waals surface area contributed by atoms with E-state index in [-0.39, 0.29) is 23.9 Å². The largest absolute Gasteiger partial charge is 0.387 e. The fourth-order valence-electron chi connectivity index (χ4n) is 3.12. The molecule has 0 spiro atoms. The second kappa shape index (κ2) is 4.34. The fraction of sp³-hybridized carbons (Fsp3) is 0.583. The van der Waals surface area contributed by atoms with E-state index in [0.717, 1.165) is 12.1 Å². The maximum atomic E-state index is 12.1. The molecule has 2 amide bonds. The number of aryl methyl sites for hydroxylation is 1. The van der Waals surface area contributed by atoms with Gasteiger partial charge in [-0.1, -0.05) is 0 Å². The number of likely N-dealkylation sites (tertiary alicyclic amines) is 1. The molecule has 2 atom stereocenters. The number of rotatable bonds is 2. The minimum absolute atomic E-state index is 0.00667. The number of carbonyl (C=O) groups excluding carboxylic acids is 2. The van der Waals surface area contributed by atoms with Crippen molar-refractivity contribution in [2.24, 2.45) is 7.05 Å². The average Bonchev–Trinajstić information content (AvgIpc) is 3.03. The molecule has 2 aliphatic rings. The Morgan fingerprint density at radius 1 is 1.53 bits per heavy atom. The number of aromatic nitrogens is 2. The first-order chi connectivity index (χ1) is 9.11. The van der Waals surface area contributed by atoms with Crippen LogP contribution in [0.4, 0.5) is 5.69 Å². The van der Waals surface area contributed by atoms with Crippen molar-refractivity contribution in [1.82, 2.24) is 14.7 Å². The molecule has 3 rings (SSSR count). The lowest BCUT2D eigenvalue weighted by Gasteiger charge is -2.24. The number of nitrogens with zero attached hydrogens (tertiary/aromatic N) is 4. The van der Waals surface area contributed by atoms with E-state index in [1.807, 2.05) is 0 Å². The normalized spacial score (nSPS) is 26.1. The van der Waals surface area contributed by atoms with Gasteiger partial charge in [0, 0.05) is 26.2 Å². The Labute approximate surface area is 110 Å². The van der Waals surface area contributed by atoms with Gasteiger partial charge in [-0.05, 0) is 6.42 Å². The van der Waals surface area contributed by atoms with Gasteiger partial charge in [0.05, 0.1) is 24.0 Å². The summed E-state index contributed by atoms with van der Waals surface area (Å²) in [5, 5.41) is 13.0. The summed E-state index contributed by atoms with van der Waals surface area (Å²) in [7, 11) is 1.80. The summed E-state index contributed by atoms with van der Waals surface area (Å²) in [5.41, 5.74) is 0.776. The summed E-state index contributed by atoms with van der Waals surface area (Å²) in [5.74, 6) is -0.285. The Bertz CT molecular complexity index is 527. The summed E-state index contributed by atoms with van der Waals surface area (Å²) in [6.45, 7) is 0.100. The molecule has 1 aromatic heterocycles. The van der Waals surface area contributed by atoms with Gasteiger partial charge < -0.3 is 14.9 Å². The molecule has 1 aromatic rings. The van der Waals surface area contributed by atoms with Crippen molar-refractivity contribution < 1.29 is 14.7 Å². The third-order valence-corrected chi connectivity index (χ3v) is 3.92. The van der Waals surface area contributed by atoms with E-state index in [1.54, 1.807) is 33.9 Å².